The van der Waals surface area contributed by atoms with E-state index in [1.165, 1.54) is 12.1 Å². The van der Waals surface area contributed by atoms with Gasteiger partial charge in [0.1, 0.15) is 0 Å². The molecule has 10 heteroatoms. The van der Waals surface area contributed by atoms with Crippen LogP contribution in [0.2, 0.25) is 0 Å². The lowest BCUT2D eigenvalue weighted by Crippen LogP contribution is -2.44. The van der Waals surface area contributed by atoms with Gasteiger partial charge in [-0.25, -0.2) is 0 Å². The lowest BCUT2D eigenvalue weighted by atomic mass is 9.85. The molecule has 2 fully saturated rings. The van der Waals surface area contributed by atoms with E-state index in [-0.39, 0.29) is 17.9 Å². The fourth-order valence-corrected chi connectivity index (χ4v) is 6.17. The molecule has 3 N–H and O–H groups in total. The number of nitrogens with one attached hydrogen (secondary N) is 1. The van der Waals surface area contributed by atoms with E-state index in [1.807, 2.05) is 30.3 Å². The molecule has 0 aliphatic carbocycles. The average Bonchev–Trinajstić information content (AvgIpc) is 3.02. The molecule has 3 aromatic rings. The summed E-state index contributed by atoms with van der Waals surface area (Å²) in [5, 5.41) is 12.1. The number of hydrogen-bond acceptors (Lipinski definition) is 5. The number of nitrogens with two attached hydrogens (primary N) is 1. The normalized spacial score (nSPS) is 17.2. The maximum atomic E-state index is 13.3. The molecule has 3 aromatic carbocycles. The molecule has 0 radical (unpaired) electrons. The van der Waals surface area contributed by atoms with Gasteiger partial charge in [-0.1, -0.05) is 24.3 Å². The fourth-order valence-electron chi connectivity index (χ4n) is 6.17. The Hall–Kier alpha value is -4.20. The number of carbonyl (C=O) groups is 2. The number of nitriles is 1. The lowest BCUT2D eigenvalue weighted by molar-refractivity contribution is -0.137. The van der Waals surface area contributed by atoms with Crippen LogP contribution < -0.4 is 11.1 Å². The minimum absolute atomic E-state index is 0.0175. The van der Waals surface area contributed by atoms with E-state index in [9.17, 15) is 22.8 Å². The molecule has 0 aromatic heterocycles. The van der Waals surface area contributed by atoms with Gasteiger partial charge in [0, 0.05) is 43.3 Å². The second kappa shape index (κ2) is 13.6. The van der Waals surface area contributed by atoms with Gasteiger partial charge in [0.05, 0.1) is 17.2 Å². The van der Waals surface area contributed by atoms with E-state index >= 15 is 0 Å². The molecule has 0 atom stereocenters. The Morgan fingerprint density at radius 3 is 1.91 bits per heavy atom. The first-order valence-corrected chi connectivity index (χ1v) is 14.9. The average molecular weight is 604 g/mol. The zero-order chi connectivity index (χ0) is 31.3. The van der Waals surface area contributed by atoms with Crippen LogP contribution in [0.4, 0.5) is 13.2 Å². The highest BCUT2D eigenvalue weighted by Crippen LogP contribution is 2.32. The summed E-state index contributed by atoms with van der Waals surface area (Å²) < 4.78 is 38.5. The Morgan fingerprint density at radius 2 is 1.39 bits per heavy atom. The fraction of sp³-hybridized carbons (Fsp3) is 0.382. The van der Waals surface area contributed by atoms with E-state index < -0.39 is 17.6 Å². The van der Waals surface area contributed by atoms with Gasteiger partial charge in [0.15, 0.2) is 0 Å². The number of amides is 2. The summed E-state index contributed by atoms with van der Waals surface area (Å²) in [6.07, 6.45) is -1.22. The minimum Gasteiger partial charge on any atom is -0.366 e. The summed E-state index contributed by atoms with van der Waals surface area (Å²) in [4.78, 5) is 30.1. The van der Waals surface area contributed by atoms with E-state index in [0.29, 0.717) is 23.2 Å². The first-order chi connectivity index (χ1) is 21.1. The van der Waals surface area contributed by atoms with Crippen molar-refractivity contribution in [3.63, 3.8) is 0 Å². The molecule has 230 valence electrons. The molecule has 0 unspecified atom stereocenters. The standard InChI is InChI=1S/C34H36F3N5O2/c35-34(36,37)28-8-5-25(6-9-28)22-42-17-13-29(14-18-42)40-33(44)27-7-10-30(32(39)43)31(19-27)26-11-15-41(16-12-26)21-24-3-1-23(20-38)2-4-24/h1-10,19,26,29H,11-18,21-22H2,(H2,39,43)(H,40,44). The molecule has 2 aliphatic heterocycles. The third-order valence-corrected chi connectivity index (χ3v) is 8.71. The Bertz CT molecular complexity index is 1500. The minimum atomic E-state index is -4.35. The molecule has 5 rings (SSSR count). The number of piperidine rings is 2. The van der Waals surface area contributed by atoms with Crippen molar-refractivity contribution in [1.82, 2.24) is 15.1 Å². The second-order valence-corrected chi connectivity index (χ2v) is 11.7. The van der Waals surface area contributed by atoms with Crippen molar-refractivity contribution < 1.29 is 22.8 Å². The van der Waals surface area contributed by atoms with Gasteiger partial charge in [0.25, 0.3) is 5.91 Å². The van der Waals surface area contributed by atoms with Crippen molar-refractivity contribution in [1.29, 1.82) is 5.26 Å². The summed E-state index contributed by atoms with van der Waals surface area (Å²) in [5.74, 6) is -0.593. The van der Waals surface area contributed by atoms with Crippen LogP contribution in [-0.2, 0) is 19.3 Å². The third kappa shape index (κ3) is 7.84. The smallest absolute Gasteiger partial charge is 0.366 e. The Labute approximate surface area is 255 Å². The van der Waals surface area contributed by atoms with Crippen molar-refractivity contribution in [2.75, 3.05) is 26.2 Å². The summed E-state index contributed by atoms with van der Waals surface area (Å²) in [5.41, 5.74) is 9.43. The predicted octanol–water partition coefficient (Wildman–Crippen LogP) is 5.45. The van der Waals surface area contributed by atoms with Crippen molar-refractivity contribution in [3.05, 3.63) is 106 Å². The van der Waals surface area contributed by atoms with Gasteiger partial charge in [-0.05, 0) is 104 Å². The summed E-state index contributed by atoms with van der Waals surface area (Å²) in [6, 6.07) is 20.1. The highest BCUT2D eigenvalue weighted by molar-refractivity contribution is 5.98. The summed E-state index contributed by atoms with van der Waals surface area (Å²) in [6.45, 7) is 4.46. The first-order valence-electron chi connectivity index (χ1n) is 14.9. The summed E-state index contributed by atoms with van der Waals surface area (Å²) in [7, 11) is 0. The predicted molar refractivity (Wildman–Crippen MR) is 161 cm³/mol. The number of primary amides is 1. The van der Waals surface area contributed by atoms with Crippen LogP contribution in [0.1, 0.15) is 80.1 Å². The highest BCUT2D eigenvalue weighted by Gasteiger charge is 2.30. The molecule has 2 amide bonds. The van der Waals surface area contributed by atoms with E-state index in [4.69, 9.17) is 11.0 Å². The molecule has 44 heavy (non-hydrogen) atoms. The first kappa shape index (κ1) is 31.2. The number of likely N-dealkylation sites (tertiary alicyclic amines) is 2. The van der Waals surface area contributed by atoms with Gasteiger partial charge in [-0.15, -0.1) is 0 Å². The van der Waals surface area contributed by atoms with Crippen LogP contribution >= 0.6 is 0 Å². The van der Waals surface area contributed by atoms with Gasteiger partial charge >= 0.3 is 6.18 Å². The molecule has 7 nitrogen and oxygen atoms in total. The topological polar surface area (TPSA) is 102 Å². The zero-order valence-electron chi connectivity index (χ0n) is 24.4. The van der Waals surface area contributed by atoms with Gasteiger partial charge in [0.2, 0.25) is 5.91 Å². The van der Waals surface area contributed by atoms with Crippen LogP contribution in [-0.4, -0.2) is 53.8 Å². The van der Waals surface area contributed by atoms with Crippen LogP contribution in [0.15, 0.2) is 66.7 Å². The number of hydrogen-bond donors (Lipinski definition) is 2. The van der Waals surface area contributed by atoms with Crippen LogP contribution in [0, 0.1) is 11.3 Å². The molecular formula is C34H36F3N5O2. The van der Waals surface area contributed by atoms with Crippen molar-refractivity contribution in [3.8, 4) is 6.07 Å². The van der Waals surface area contributed by atoms with Crippen LogP contribution in [0.5, 0.6) is 0 Å². The van der Waals surface area contributed by atoms with E-state index in [0.717, 1.165) is 87.2 Å². The van der Waals surface area contributed by atoms with Crippen molar-refractivity contribution in [2.24, 2.45) is 5.73 Å². The molecule has 0 spiro atoms. The van der Waals surface area contributed by atoms with Gasteiger partial charge in [-0.2, -0.15) is 18.4 Å². The molecule has 2 saturated heterocycles. The molecule has 0 bridgehead atoms. The largest absolute Gasteiger partial charge is 0.416 e. The van der Waals surface area contributed by atoms with Crippen LogP contribution in [0.3, 0.4) is 0 Å². The summed E-state index contributed by atoms with van der Waals surface area (Å²) >= 11 is 0. The van der Waals surface area contributed by atoms with Crippen LogP contribution in [0.25, 0.3) is 0 Å². The maximum Gasteiger partial charge on any atom is 0.416 e. The monoisotopic (exact) mass is 603 g/mol. The highest BCUT2D eigenvalue weighted by atomic mass is 19.4. The Morgan fingerprint density at radius 1 is 0.841 bits per heavy atom. The second-order valence-electron chi connectivity index (χ2n) is 11.7. The lowest BCUT2D eigenvalue weighted by Gasteiger charge is -2.33. The van der Waals surface area contributed by atoms with Gasteiger partial charge in [-0.3, -0.25) is 19.4 Å². The number of carbonyl (C=O) groups excluding carboxylic acids is 2. The SMILES string of the molecule is N#Cc1ccc(CN2CCC(c3cc(C(=O)NC4CCN(Cc5ccc(C(F)(F)F)cc5)CC4)ccc3C(N)=O)CC2)cc1. The zero-order valence-corrected chi connectivity index (χ0v) is 24.4. The number of alkyl halides is 3. The van der Waals surface area contributed by atoms with Crippen molar-refractivity contribution in [2.45, 2.75) is 56.9 Å². The molecule has 2 heterocycles. The number of halogens is 3. The van der Waals surface area contributed by atoms with E-state index in [2.05, 4.69) is 21.2 Å². The maximum absolute atomic E-state index is 13.3. The molecular weight excluding hydrogens is 567 g/mol. The van der Waals surface area contributed by atoms with Crippen molar-refractivity contribution >= 4 is 11.8 Å². The third-order valence-electron chi connectivity index (χ3n) is 8.71. The number of nitrogens with zero attached hydrogens (tertiary/aromatic N) is 3. The van der Waals surface area contributed by atoms with Gasteiger partial charge < -0.3 is 11.1 Å². The Balaban J connectivity index is 1.15. The molecule has 2 aliphatic rings. The molecule has 0 saturated carbocycles. The number of benzene rings is 3. The quantitative estimate of drug-likeness (QED) is 0.357. The number of rotatable bonds is 8. The Kier molecular flexibility index (Phi) is 9.67. The van der Waals surface area contributed by atoms with E-state index in [1.54, 1.807) is 12.1 Å².